The van der Waals surface area contributed by atoms with E-state index in [1.165, 1.54) is 0 Å². The SMILES string of the molecule is Cc1cc(NC(=O)CC2(C(=O)O)CCC2)ccc1OC1CCOCC1. The molecule has 0 atom stereocenters. The van der Waals surface area contributed by atoms with Gasteiger partial charge < -0.3 is 19.9 Å². The monoisotopic (exact) mass is 347 g/mol. The Morgan fingerprint density at radius 3 is 2.60 bits per heavy atom. The number of aliphatic carboxylic acids is 1. The Hall–Kier alpha value is -2.08. The summed E-state index contributed by atoms with van der Waals surface area (Å²) in [4.78, 5) is 23.6. The zero-order valence-corrected chi connectivity index (χ0v) is 14.5. The number of anilines is 1. The Morgan fingerprint density at radius 1 is 1.32 bits per heavy atom. The van der Waals surface area contributed by atoms with Crippen LogP contribution in [-0.2, 0) is 14.3 Å². The number of amides is 1. The number of benzene rings is 1. The van der Waals surface area contributed by atoms with Gasteiger partial charge in [-0.25, -0.2) is 0 Å². The van der Waals surface area contributed by atoms with Crippen LogP contribution >= 0.6 is 0 Å². The minimum atomic E-state index is -0.870. The van der Waals surface area contributed by atoms with Crippen LogP contribution in [0.2, 0.25) is 0 Å². The third-order valence-corrected chi connectivity index (χ3v) is 5.18. The number of rotatable bonds is 6. The molecule has 2 N–H and O–H groups in total. The number of ether oxygens (including phenoxy) is 2. The summed E-state index contributed by atoms with van der Waals surface area (Å²) in [6.07, 6.45) is 3.99. The molecule has 0 spiro atoms. The Morgan fingerprint density at radius 2 is 2.04 bits per heavy atom. The van der Waals surface area contributed by atoms with Crippen LogP contribution in [0.3, 0.4) is 0 Å². The average molecular weight is 347 g/mol. The molecule has 6 heteroatoms. The van der Waals surface area contributed by atoms with Gasteiger partial charge in [0.15, 0.2) is 0 Å². The van der Waals surface area contributed by atoms with Crippen LogP contribution in [0.4, 0.5) is 5.69 Å². The molecule has 1 aliphatic carbocycles. The van der Waals surface area contributed by atoms with Gasteiger partial charge in [0.1, 0.15) is 11.9 Å². The molecule has 1 aliphatic heterocycles. The van der Waals surface area contributed by atoms with Crippen molar-refractivity contribution in [1.82, 2.24) is 0 Å². The number of carbonyl (C=O) groups excluding carboxylic acids is 1. The highest BCUT2D eigenvalue weighted by molar-refractivity contribution is 5.94. The fourth-order valence-electron chi connectivity index (χ4n) is 3.42. The summed E-state index contributed by atoms with van der Waals surface area (Å²) in [7, 11) is 0. The van der Waals surface area contributed by atoms with Crippen LogP contribution in [0.1, 0.15) is 44.1 Å². The maximum Gasteiger partial charge on any atom is 0.310 e. The minimum absolute atomic E-state index is 0.0295. The Kier molecular flexibility index (Phi) is 5.27. The zero-order chi connectivity index (χ0) is 17.9. The average Bonchev–Trinajstić information content (AvgIpc) is 2.54. The first-order valence-corrected chi connectivity index (χ1v) is 8.87. The van der Waals surface area contributed by atoms with Gasteiger partial charge in [-0.3, -0.25) is 9.59 Å². The predicted octanol–water partition coefficient (Wildman–Crippen LogP) is 3.14. The summed E-state index contributed by atoms with van der Waals surface area (Å²) >= 11 is 0. The van der Waals surface area contributed by atoms with Crippen molar-refractivity contribution in [3.05, 3.63) is 23.8 Å². The van der Waals surface area contributed by atoms with Crippen molar-refractivity contribution in [2.24, 2.45) is 5.41 Å². The summed E-state index contributed by atoms with van der Waals surface area (Å²) in [5.41, 5.74) is 0.744. The van der Waals surface area contributed by atoms with Gasteiger partial charge >= 0.3 is 5.97 Å². The molecule has 1 heterocycles. The van der Waals surface area contributed by atoms with E-state index >= 15 is 0 Å². The maximum atomic E-state index is 12.2. The molecule has 25 heavy (non-hydrogen) atoms. The molecule has 136 valence electrons. The molecule has 0 unspecified atom stereocenters. The second-order valence-corrected chi connectivity index (χ2v) is 7.07. The summed E-state index contributed by atoms with van der Waals surface area (Å²) in [6, 6.07) is 5.52. The van der Waals surface area contributed by atoms with Crippen molar-refractivity contribution in [3.8, 4) is 5.75 Å². The Bertz CT molecular complexity index is 647. The largest absolute Gasteiger partial charge is 0.490 e. The van der Waals surface area contributed by atoms with E-state index in [4.69, 9.17) is 9.47 Å². The van der Waals surface area contributed by atoms with Gasteiger partial charge in [0.2, 0.25) is 5.91 Å². The van der Waals surface area contributed by atoms with Crippen LogP contribution in [0.25, 0.3) is 0 Å². The topological polar surface area (TPSA) is 84.9 Å². The molecule has 6 nitrogen and oxygen atoms in total. The fraction of sp³-hybridized carbons (Fsp3) is 0.579. The zero-order valence-electron chi connectivity index (χ0n) is 14.5. The molecule has 1 saturated heterocycles. The molecule has 3 rings (SSSR count). The van der Waals surface area contributed by atoms with E-state index in [0.717, 1.165) is 43.8 Å². The lowest BCUT2D eigenvalue weighted by Gasteiger charge is -2.36. The second kappa shape index (κ2) is 7.44. The molecule has 0 radical (unpaired) electrons. The van der Waals surface area contributed by atoms with Gasteiger partial charge in [-0.1, -0.05) is 6.42 Å². The van der Waals surface area contributed by atoms with Gasteiger partial charge in [-0.05, 0) is 43.5 Å². The first-order chi connectivity index (χ1) is 12.0. The van der Waals surface area contributed by atoms with E-state index < -0.39 is 11.4 Å². The van der Waals surface area contributed by atoms with Gasteiger partial charge in [-0.15, -0.1) is 0 Å². The van der Waals surface area contributed by atoms with Crippen molar-refractivity contribution >= 4 is 17.6 Å². The first kappa shape index (κ1) is 17.7. The molecule has 1 aromatic carbocycles. The lowest BCUT2D eigenvalue weighted by Crippen LogP contribution is -2.41. The fourth-order valence-corrected chi connectivity index (χ4v) is 3.42. The van der Waals surface area contributed by atoms with Crippen molar-refractivity contribution in [2.45, 2.75) is 51.6 Å². The van der Waals surface area contributed by atoms with Gasteiger partial charge in [0.05, 0.1) is 18.6 Å². The first-order valence-electron chi connectivity index (χ1n) is 8.87. The number of carboxylic acid groups (broad SMARTS) is 1. The number of aryl methyl sites for hydroxylation is 1. The van der Waals surface area contributed by atoms with Gasteiger partial charge in [-0.2, -0.15) is 0 Å². The predicted molar refractivity (Wildman–Crippen MR) is 92.8 cm³/mol. The Balaban J connectivity index is 1.58. The highest BCUT2D eigenvalue weighted by Crippen LogP contribution is 2.44. The van der Waals surface area contributed by atoms with E-state index in [1.54, 1.807) is 6.07 Å². The van der Waals surface area contributed by atoms with Crippen LogP contribution in [0.5, 0.6) is 5.75 Å². The number of nitrogens with one attached hydrogen (secondary N) is 1. The summed E-state index contributed by atoms with van der Waals surface area (Å²) < 4.78 is 11.3. The Labute approximate surface area is 147 Å². The standard InChI is InChI=1S/C19H25NO5/c1-13-11-14(3-4-16(13)25-15-5-9-24-10-6-15)20-17(21)12-19(18(22)23)7-2-8-19/h3-4,11,15H,2,5-10,12H2,1H3,(H,20,21)(H,22,23). The molecule has 1 aromatic rings. The van der Waals surface area contributed by atoms with Crippen molar-refractivity contribution in [2.75, 3.05) is 18.5 Å². The summed E-state index contributed by atoms with van der Waals surface area (Å²) in [6.45, 7) is 3.39. The van der Waals surface area contributed by atoms with E-state index in [0.29, 0.717) is 18.5 Å². The molecule has 2 aliphatic rings. The second-order valence-electron chi connectivity index (χ2n) is 7.07. The van der Waals surface area contributed by atoms with Crippen LogP contribution in [0.15, 0.2) is 18.2 Å². The van der Waals surface area contributed by atoms with Crippen molar-refractivity contribution in [3.63, 3.8) is 0 Å². The molecular formula is C19H25NO5. The summed E-state index contributed by atoms with van der Waals surface area (Å²) in [5.74, 6) is -0.309. The van der Waals surface area contributed by atoms with Gasteiger partial charge in [0, 0.05) is 24.9 Å². The lowest BCUT2D eigenvalue weighted by molar-refractivity contribution is -0.157. The van der Waals surface area contributed by atoms with Crippen molar-refractivity contribution in [1.29, 1.82) is 0 Å². The molecule has 0 bridgehead atoms. The number of hydrogen-bond donors (Lipinski definition) is 2. The van der Waals surface area contributed by atoms with Crippen LogP contribution in [-0.4, -0.2) is 36.3 Å². The lowest BCUT2D eigenvalue weighted by atomic mass is 9.66. The molecular weight excluding hydrogens is 322 g/mol. The normalized spacial score (nSPS) is 19.7. The number of carbonyl (C=O) groups is 2. The van der Waals surface area contributed by atoms with Crippen molar-refractivity contribution < 1.29 is 24.2 Å². The van der Waals surface area contributed by atoms with Gasteiger partial charge in [0.25, 0.3) is 0 Å². The third kappa shape index (κ3) is 4.12. The van der Waals surface area contributed by atoms with Crippen LogP contribution < -0.4 is 10.1 Å². The number of hydrogen-bond acceptors (Lipinski definition) is 4. The number of carboxylic acids is 1. The third-order valence-electron chi connectivity index (χ3n) is 5.18. The van der Waals surface area contributed by atoms with E-state index in [1.807, 2.05) is 19.1 Å². The summed E-state index contributed by atoms with van der Waals surface area (Å²) in [5, 5.41) is 12.1. The van der Waals surface area contributed by atoms with E-state index in [-0.39, 0.29) is 18.4 Å². The van der Waals surface area contributed by atoms with Crippen LogP contribution in [0, 0.1) is 12.3 Å². The highest BCUT2D eigenvalue weighted by Gasteiger charge is 2.45. The molecule has 2 fully saturated rings. The quantitative estimate of drug-likeness (QED) is 0.826. The van der Waals surface area contributed by atoms with E-state index in [9.17, 15) is 14.7 Å². The maximum absolute atomic E-state index is 12.2. The van der Waals surface area contributed by atoms with E-state index in [2.05, 4.69) is 5.32 Å². The highest BCUT2D eigenvalue weighted by atomic mass is 16.5. The minimum Gasteiger partial charge on any atom is -0.490 e. The molecule has 1 saturated carbocycles. The smallest absolute Gasteiger partial charge is 0.310 e. The molecule has 0 aromatic heterocycles. The molecule has 1 amide bonds.